The number of amides is 2. The predicted molar refractivity (Wildman–Crippen MR) is 110 cm³/mol. The van der Waals surface area contributed by atoms with Gasteiger partial charge in [0.2, 0.25) is 5.91 Å². The van der Waals surface area contributed by atoms with Gasteiger partial charge in [-0.3, -0.25) is 9.59 Å². The van der Waals surface area contributed by atoms with Gasteiger partial charge < -0.3 is 15.5 Å². The minimum Gasteiger partial charge on any atom is -0.337 e. The first kappa shape index (κ1) is 18.8. The zero-order valence-corrected chi connectivity index (χ0v) is 16.8. The fourth-order valence-corrected chi connectivity index (χ4v) is 5.59. The van der Waals surface area contributed by atoms with Crippen LogP contribution in [0.1, 0.15) is 48.0 Å². The summed E-state index contributed by atoms with van der Waals surface area (Å²) in [6.45, 7) is 3.60. The maximum Gasteiger partial charge on any atom is 0.253 e. The van der Waals surface area contributed by atoms with Crippen LogP contribution in [-0.4, -0.2) is 53.4 Å². The molecular formula is C21H29N3O2S. The molecule has 3 aliphatic heterocycles. The summed E-state index contributed by atoms with van der Waals surface area (Å²) in [5.74, 6) is 2.70. The van der Waals surface area contributed by atoms with Crippen LogP contribution in [0.15, 0.2) is 18.2 Å². The zero-order chi connectivity index (χ0) is 18.8. The van der Waals surface area contributed by atoms with E-state index in [0.717, 1.165) is 48.7 Å². The summed E-state index contributed by atoms with van der Waals surface area (Å²) in [7, 11) is 0. The minimum atomic E-state index is 0.0940. The number of thioether (sulfide) groups is 1. The first-order chi connectivity index (χ1) is 13.1. The molecule has 6 heteroatoms. The van der Waals surface area contributed by atoms with Gasteiger partial charge >= 0.3 is 0 Å². The first-order valence-corrected chi connectivity index (χ1v) is 11.3. The van der Waals surface area contributed by atoms with Crippen molar-refractivity contribution in [2.24, 2.45) is 5.92 Å². The summed E-state index contributed by atoms with van der Waals surface area (Å²) >= 11 is 1.90. The van der Waals surface area contributed by atoms with Gasteiger partial charge in [0, 0.05) is 54.4 Å². The quantitative estimate of drug-likeness (QED) is 0.834. The lowest BCUT2D eigenvalue weighted by molar-refractivity contribution is -0.117. The number of piperidine rings is 1. The third kappa shape index (κ3) is 4.49. The van der Waals surface area contributed by atoms with Crippen LogP contribution >= 0.6 is 11.8 Å². The Bertz CT molecular complexity index is 705. The average Bonchev–Trinajstić information content (AvgIpc) is 3.01. The van der Waals surface area contributed by atoms with Crippen LogP contribution in [0.4, 0.5) is 5.69 Å². The lowest BCUT2D eigenvalue weighted by Crippen LogP contribution is -2.39. The van der Waals surface area contributed by atoms with E-state index in [4.69, 9.17) is 0 Å². The molecule has 4 rings (SSSR count). The van der Waals surface area contributed by atoms with Crippen molar-refractivity contribution in [2.75, 3.05) is 29.9 Å². The van der Waals surface area contributed by atoms with Gasteiger partial charge in [-0.1, -0.05) is 0 Å². The van der Waals surface area contributed by atoms with Crippen molar-refractivity contribution in [3.8, 4) is 0 Å². The Morgan fingerprint density at radius 2 is 1.89 bits per heavy atom. The molecule has 2 N–H and O–H groups in total. The molecule has 5 nitrogen and oxygen atoms in total. The molecule has 3 fully saturated rings. The van der Waals surface area contributed by atoms with Gasteiger partial charge in [0.1, 0.15) is 0 Å². The van der Waals surface area contributed by atoms with Gasteiger partial charge in [-0.05, 0) is 62.3 Å². The highest BCUT2D eigenvalue weighted by Crippen LogP contribution is 2.33. The smallest absolute Gasteiger partial charge is 0.253 e. The molecule has 2 amide bonds. The molecule has 27 heavy (non-hydrogen) atoms. The van der Waals surface area contributed by atoms with Gasteiger partial charge in [0.15, 0.2) is 0 Å². The summed E-state index contributed by atoms with van der Waals surface area (Å²) < 4.78 is 0. The third-order valence-corrected chi connectivity index (χ3v) is 7.03. The SMILES string of the molecule is Cc1cc(C(=O)N2CCSCC2)ccc1NC(=O)CC1CC2CCC(C1)N2. The number of anilines is 1. The standard InChI is InChI=1S/C21H29N3O2S/c1-14-10-16(21(26)24-6-8-27-9-7-24)2-5-19(14)23-20(25)13-15-11-17-3-4-18(12-15)22-17/h2,5,10,15,17-18,22H,3-4,6-9,11-13H2,1H3,(H,23,25). The van der Waals surface area contributed by atoms with Crippen LogP contribution in [0.25, 0.3) is 0 Å². The topological polar surface area (TPSA) is 61.4 Å². The highest BCUT2D eigenvalue weighted by atomic mass is 32.2. The third-order valence-electron chi connectivity index (χ3n) is 6.09. The summed E-state index contributed by atoms with van der Waals surface area (Å²) in [6.07, 6.45) is 5.34. The van der Waals surface area contributed by atoms with E-state index in [2.05, 4.69) is 10.6 Å². The van der Waals surface area contributed by atoms with Crippen molar-refractivity contribution in [1.82, 2.24) is 10.2 Å². The van der Waals surface area contributed by atoms with Gasteiger partial charge in [-0.25, -0.2) is 0 Å². The zero-order valence-electron chi connectivity index (χ0n) is 16.0. The molecule has 0 aromatic heterocycles. The molecule has 146 valence electrons. The molecule has 1 aromatic carbocycles. The molecule has 0 spiro atoms. The van der Waals surface area contributed by atoms with E-state index >= 15 is 0 Å². The monoisotopic (exact) mass is 387 g/mol. The number of rotatable bonds is 4. The average molecular weight is 388 g/mol. The number of fused-ring (bicyclic) bond motifs is 2. The van der Waals surface area contributed by atoms with Gasteiger partial charge in [-0.2, -0.15) is 11.8 Å². The van der Waals surface area contributed by atoms with Crippen molar-refractivity contribution in [2.45, 2.75) is 51.1 Å². The lowest BCUT2D eigenvalue weighted by Gasteiger charge is -2.28. The molecule has 3 heterocycles. The van der Waals surface area contributed by atoms with Crippen LogP contribution in [0.2, 0.25) is 0 Å². The van der Waals surface area contributed by atoms with Crippen molar-refractivity contribution in [1.29, 1.82) is 0 Å². The molecule has 3 aliphatic rings. The molecule has 0 aliphatic carbocycles. The summed E-state index contributed by atoms with van der Waals surface area (Å²) in [5, 5.41) is 6.69. The molecule has 0 radical (unpaired) electrons. The van der Waals surface area contributed by atoms with E-state index in [0.29, 0.717) is 30.0 Å². The van der Waals surface area contributed by atoms with Gasteiger partial charge in [-0.15, -0.1) is 0 Å². The van der Waals surface area contributed by atoms with Gasteiger partial charge in [0.25, 0.3) is 5.91 Å². The molecular weight excluding hydrogens is 358 g/mol. The summed E-state index contributed by atoms with van der Waals surface area (Å²) in [5.41, 5.74) is 2.49. The highest BCUT2D eigenvalue weighted by Gasteiger charge is 2.34. The molecule has 2 atom stereocenters. The van der Waals surface area contributed by atoms with Crippen molar-refractivity contribution < 1.29 is 9.59 Å². The second kappa shape index (κ2) is 8.23. The van der Waals surface area contributed by atoms with Crippen LogP contribution in [0, 0.1) is 12.8 Å². The van der Waals surface area contributed by atoms with Crippen molar-refractivity contribution in [3.05, 3.63) is 29.3 Å². The molecule has 3 saturated heterocycles. The van der Waals surface area contributed by atoms with E-state index in [1.165, 1.54) is 12.8 Å². The Balaban J connectivity index is 1.34. The Hall–Kier alpha value is -1.53. The fraction of sp³-hybridized carbons (Fsp3) is 0.619. The van der Waals surface area contributed by atoms with Crippen LogP contribution in [0.3, 0.4) is 0 Å². The normalized spacial score (nSPS) is 27.4. The van der Waals surface area contributed by atoms with Gasteiger partial charge in [0.05, 0.1) is 0 Å². The van der Waals surface area contributed by atoms with Crippen LogP contribution < -0.4 is 10.6 Å². The van der Waals surface area contributed by atoms with Crippen LogP contribution in [-0.2, 0) is 4.79 Å². The van der Waals surface area contributed by atoms with E-state index in [1.54, 1.807) is 0 Å². The van der Waals surface area contributed by atoms with Crippen LogP contribution in [0.5, 0.6) is 0 Å². The predicted octanol–water partition coefficient (Wildman–Crippen LogP) is 3.04. The van der Waals surface area contributed by atoms with E-state index in [-0.39, 0.29) is 11.8 Å². The Kier molecular flexibility index (Phi) is 5.74. The Labute approximate surface area is 165 Å². The first-order valence-electron chi connectivity index (χ1n) is 10.1. The maximum absolute atomic E-state index is 12.6. The largest absolute Gasteiger partial charge is 0.337 e. The Morgan fingerprint density at radius 1 is 1.19 bits per heavy atom. The second-order valence-corrected chi connectivity index (χ2v) is 9.39. The second-order valence-electron chi connectivity index (χ2n) is 8.16. The maximum atomic E-state index is 12.6. The highest BCUT2D eigenvalue weighted by molar-refractivity contribution is 7.99. The summed E-state index contributed by atoms with van der Waals surface area (Å²) in [6, 6.07) is 6.86. The molecule has 2 bridgehead atoms. The molecule has 2 unspecified atom stereocenters. The van der Waals surface area contributed by atoms with E-state index in [1.807, 2.05) is 41.8 Å². The van der Waals surface area contributed by atoms with E-state index < -0.39 is 0 Å². The van der Waals surface area contributed by atoms with Crippen molar-refractivity contribution >= 4 is 29.3 Å². The molecule has 0 saturated carbocycles. The molecule has 1 aromatic rings. The number of nitrogens with zero attached hydrogens (tertiary/aromatic N) is 1. The number of benzene rings is 1. The van der Waals surface area contributed by atoms with E-state index in [9.17, 15) is 9.59 Å². The Morgan fingerprint density at radius 3 is 2.56 bits per heavy atom. The number of hydrogen-bond acceptors (Lipinski definition) is 4. The number of carbonyl (C=O) groups excluding carboxylic acids is 2. The fourth-order valence-electron chi connectivity index (χ4n) is 4.69. The number of carbonyl (C=O) groups is 2. The van der Waals surface area contributed by atoms with Crippen molar-refractivity contribution in [3.63, 3.8) is 0 Å². The number of aryl methyl sites for hydroxylation is 1. The summed E-state index contributed by atoms with van der Waals surface area (Å²) in [4.78, 5) is 27.1. The lowest BCUT2D eigenvalue weighted by atomic mass is 9.89. The number of nitrogens with one attached hydrogen (secondary N) is 2. The number of hydrogen-bond donors (Lipinski definition) is 2. The minimum absolute atomic E-state index is 0.0940.